The maximum Gasteiger partial charge on any atom is 0.241 e. The Labute approximate surface area is 193 Å². The lowest BCUT2D eigenvalue weighted by molar-refractivity contribution is 0.255. The Morgan fingerprint density at radius 2 is 1.38 bits per heavy atom. The van der Waals surface area contributed by atoms with Gasteiger partial charge in [-0.15, -0.1) is 0 Å². The largest absolute Gasteiger partial charge is 0.497 e. The van der Waals surface area contributed by atoms with Crippen LogP contribution < -0.4 is 14.4 Å². The number of methoxy groups -OCH3 is 1. The summed E-state index contributed by atoms with van der Waals surface area (Å²) in [5, 5.41) is 0. The zero-order valence-corrected chi connectivity index (χ0v) is 21.1. The smallest absolute Gasteiger partial charge is 0.241 e. The number of piperazine rings is 1. The van der Waals surface area contributed by atoms with Gasteiger partial charge in [0.1, 0.15) is 5.75 Å². The average Bonchev–Trinajstić information content (AvgIpc) is 2.79. The van der Waals surface area contributed by atoms with Gasteiger partial charge in [0.05, 0.1) is 12.0 Å². The highest BCUT2D eigenvalue weighted by Gasteiger charge is 2.23. The second-order valence-electron chi connectivity index (χ2n) is 8.73. The highest BCUT2D eigenvalue weighted by Crippen LogP contribution is 2.29. The molecule has 1 N–H and O–H groups in total. The van der Waals surface area contributed by atoms with Crippen molar-refractivity contribution < 1.29 is 13.2 Å². The van der Waals surface area contributed by atoms with Gasteiger partial charge in [-0.05, 0) is 99.7 Å². The van der Waals surface area contributed by atoms with E-state index in [1.165, 1.54) is 11.3 Å². The molecule has 1 heterocycles. The molecule has 32 heavy (non-hydrogen) atoms. The summed E-state index contributed by atoms with van der Waals surface area (Å²) in [6.45, 7) is 15.1. The number of nitrogens with zero attached hydrogens (tertiary/aromatic N) is 2. The first-order valence-electron chi connectivity index (χ1n) is 11.3. The van der Waals surface area contributed by atoms with Crippen LogP contribution in [0.3, 0.4) is 0 Å². The number of anilines is 1. The number of nitrogens with one attached hydrogen (secondary N) is 1. The van der Waals surface area contributed by atoms with E-state index >= 15 is 0 Å². The first kappa shape index (κ1) is 24.6. The summed E-state index contributed by atoms with van der Waals surface area (Å²) in [7, 11) is -1.84. The molecular weight excluding hydrogens is 422 g/mol. The maximum atomic E-state index is 13.0. The molecule has 0 atom stereocenters. The summed E-state index contributed by atoms with van der Waals surface area (Å²) in [5.74, 6) is 0.871. The van der Waals surface area contributed by atoms with Gasteiger partial charge in [-0.25, -0.2) is 13.1 Å². The van der Waals surface area contributed by atoms with E-state index in [-0.39, 0.29) is 0 Å². The lowest BCUT2D eigenvalue weighted by Gasteiger charge is -2.36. The molecule has 7 heteroatoms. The number of hydrogen-bond donors (Lipinski definition) is 1. The van der Waals surface area contributed by atoms with E-state index in [2.05, 4.69) is 33.6 Å². The molecule has 176 valence electrons. The first-order chi connectivity index (χ1) is 15.2. The first-order valence-corrected chi connectivity index (χ1v) is 12.8. The van der Waals surface area contributed by atoms with Gasteiger partial charge in [0.25, 0.3) is 0 Å². The number of ether oxygens (including phenoxy) is 1. The molecule has 1 aliphatic heterocycles. The average molecular weight is 460 g/mol. The zero-order valence-electron chi connectivity index (χ0n) is 20.3. The Kier molecular flexibility index (Phi) is 7.85. The molecule has 0 aromatic heterocycles. The van der Waals surface area contributed by atoms with Crippen molar-refractivity contribution in [2.45, 2.75) is 45.9 Å². The molecule has 3 rings (SSSR count). The van der Waals surface area contributed by atoms with Gasteiger partial charge in [-0.3, -0.25) is 4.90 Å². The molecular formula is C25H37N3O3S. The Bertz CT molecular complexity index is 1010. The van der Waals surface area contributed by atoms with Crippen LogP contribution in [0.25, 0.3) is 0 Å². The van der Waals surface area contributed by atoms with Crippen molar-refractivity contribution in [3.8, 4) is 5.75 Å². The molecule has 0 saturated carbocycles. The molecule has 0 spiro atoms. The molecule has 0 radical (unpaired) electrons. The molecule has 0 amide bonds. The second-order valence-corrected chi connectivity index (χ2v) is 10.4. The number of sulfonamides is 1. The van der Waals surface area contributed by atoms with Crippen molar-refractivity contribution >= 4 is 15.7 Å². The fourth-order valence-corrected chi connectivity index (χ4v) is 6.14. The third-order valence-electron chi connectivity index (χ3n) is 6.95. The highest BCUT2D eigenvalue weighted by molar-refractivity contribution is 7.89. The standard InChI is InChI=1S/C25H37N3O3S/c1-18-19(2)21(4)25(22(5)20(18)3)32(29,30)26-12-7-13-27-14-16-28(17-15-27)23-8-10-24(31-6)11-9-23/h8-11,26H,7,12-17H2,1-6H3. The van der Waals surface area contributed by atoms with Crippen molar-refractivity contribution in [3.63, 3.8) is 0 Å². The van der Waals surface area contributed by atoms with Crippen LogP contribution in [0, 0.1) is 34.6 Å². The monoisotopic (exact) mass is 459 g/mol. The van der Waals surface area contributed by atoms with E-state index in [0.717, 1.165) is 67.1 Å². The molecule has 2 aromatic rings. The lowest BCUT2D eigenvalue weighted by atomic mass is 9.95. The van der Waals surface area contributed by atoms with E-state index in [4.69, 9.17) is 4.74 Å². The molecule has 0 aliphatic carbocycles. The molecule has 6 nitrogen and oxygen atoms in total. The van der Waals surface area contributed by atoms with Gasteiger partial charge >= 0.3 is 0 Å². The van der Waals surface area contributed by atoms with Gasteiger partial charge in [-0.1, -0.05) is 0 Å². The van der Waals surface area contributed by atoms with E-state index in [1.807, 2.05) is 39.8 Å². The SMILES string of the molecule is COc1ccc(N2CCN(CCCNS(=O)(=O)c3c(C)c(C)c(C)c(C)c3C)CC2)cc1. The predicted molar refractivity (Wildman–Crippen MR) is 132 cm³/mol. The van der Waals surface area contributed by atoms with Crippen molar-refractivity contribution in [1.82, 2.24) is 9.62 Å². The van der Waals surface area contributed by atoms with Crippen molar-refractivity contribution in [3.05, 3.63) is 52.1 Å². The van der Waals surface area contributed by atoms with Crippen LogP contribution in [0.2, 0.25) is 0 Å². The minimum absolute atomic E-state index is 0.450. The Hall–Kier alpha value is -2.09. The van der Waals surface area contributed by atoms with Crippen LogP contribution in [0.15, 0.2) is 29.2 Å². The summed E-state index contributed by atoms with van der Waals surface area (Å²) in [6.07, 6.45) is 0.795. The zero-order chi connectivity index (χ0) is 23.5. The second kappa shape index (κ2) is 10.2. The molecule has 2 aromatic carbocycles. The molecule has 0 unspecified atom stereocenters. The highest BCUT2D eigenvalue weighted by atomic mass is 32.2. The van der Waals surface area contributed by atoms with Crippen LogP contribution >= 0.6 is 0 Å². The molecule has 1 saturated heterocycles. The predicted octanol–water partition coefficient (Wildman–Crippen LogP) is 3.73. The number of benzene rings is 2. The number of rotatable bonds is 8. The van der Waals surface area contributed by atoms with Crippen LogP contribution in [0.1, 0.15) is 34.2 Å². The number of hydrogen-bond acceptors (Lipinski definition) is 5. The minimum Gasteiger partial charge on any atom is -0.497 e. The third-order valence-corrected chi connectivity index (χ3v) is 8.69. The van der Waals surface area contributed by atoms with Crippen LogP contribution in [0.4, 0.5) is 5.69 Å². The van der Waals surface area contributed by atoms with Crippen molar-refractivity contribution in [2.75, 3.05) is 51.3 Å². The summed E-state index contributed by atoms with van der Waals surface area (Å²) in [6, 6.07) is 8.19. The lowest BCUT2D eigenvalue weighted by Crippen LogP contribution is -2.47. The summed E-state index contributed by atoms with van der Waals surface area (Å²) < 4.78 is 34.2. The van der Waals surface area contributed by atoms with Crippen molar-refractivity contribution in [1.29, 1.82) is 0 Å². The third kappa shape index (κ3) is 5.27. The maximum absolute atomic E-state index is 13.0. The van der Waals surface area contributed by atoms with Crippen LogP contribution in [0.5, 0.6) is 5.75 Å². The molecule has 1 fully saturated rings. The quantitative estimate of drug-likeness (QED) is 0.610. The molecule has 1 aliphatic rings. The molecule has 0 bridgehead atoms. The van der Waals surface area contributed by atoms with Gasteiger partial charge in [-0.2, -0.15) is 0 Å². The summed E-state index contributed by atoms with van der Waals surface area (Å²) in [5.41, 5.74) is 6.22. The fourth-order valence-electron chi connectivity index (χ4n) is 4.47. The Morgan fingerprint density at radius 1 is 0.844 bits per heavy atom. The Balaban J connectivity index is 1.50. The summed E-state index contributed by atoms with van der Waals surface area (Å²) in [4.78, 5) is 5.24. The topological polar surface area (TPSA) is 61.9 Å². The van der Waals surface area contributed by atoms with E-state index in [0.29, 0.717) is 11.4 Å². The minimum atomic E-state index is -3.52. The van der Waals surface area contributed by atoms with E-state index in [9.17, 15) is 8.42 Å². The van der Waals surface area contributed by atoms with Crippen molar-refractivity contribution in [2.24, 2.45) is 0 Å². The van der Waals surface area contributed by atoms with E-state index in [1.54, 1.807) is 7.11 Å². The van der Waals surface area contributed by atoms with E-state index < -0.39 is 10.0 Å². The Morgan fingerprint density at radius 3 is 1.91 bits per heavy atom. The van der Waals surface area contributed by atoms with Crippen LogP contribution in [-0.4, -0.2) is 59.7 Å². The summed E-state index contributed by atoms with van der Waals surface area (Å²) >= 11 is 0. The fraction of sp³-hybridized carbons (Fsp3) is 0.520. The van der Waals surface area contributed by atoms with Gasteiger partial charge in [0.2, 0.25) is 10.0 Å². The van der Waals surface area contributed by atoms with Gasteiger partial charge in [0, 0.05) is 38.4 Å². The van der Waals surface area contributed by atoms with Gasteiger partial charge in [0.15, 0.2) is 0 Å². The van der Waals surface area contributed by atoms with Crippen LogP contribution in [-0.2, 0) is 10.0 Å². The normalized spacial score (nSPS) is 15.2. The van der Waals surface area contributed by atoms with Gasteiger partial charge < -0.3 is 9.64 Å².